The lowest BCUT2D eigenvalue weighted by Crippen LogP contribution is -2.54. The highest BCUT2D eigenvalue weighted by atomic mass is 19.4. The second-order valence-corrected chi connectivity index (χ2v) is 13.7. The summed E-state index contributed by atoms with van der Waals surface area (Å²) in [6.45, 7) is 4.50. The highest BCUT2D eigenvalue weighted by Crippen LogP contribution is 2.51. The zero-order chi connectivity index (χ0) is 37.0. The van der Waals surface area contributed by atoms with Gasteiger partial charge in [-0.2, -0.15) is 26.3 Å². The largest absolute Gasteiger partial charge is 0.493 e. The van der Waals surface area contributed by atoms with Gasteiger partial charge >= 0.3 is 18.4 Å². The Hall–Kier alpha value is -3.68. The first-order valence-electron chi connectivity index (χ1n) is 17.8. The fourth-order valence-corrected chi connectivity index (χ4v) is 7.46. The lowest BCUT2D eigenvalue weighted by Gasteiger charge is -2.36. The predicted octanol–water partition coefficient (Wildman–Crippen LogP) is 8.24. The van der Waals surface area contributed by atoms with Gasteiger partial charge in [0, 0.05) is 30.0 Å². The van der Waals surface area contributed by atoms with Crippen molar-refractivity contribution in [1.29, 1.82) is 0 Å². The zero-order valence-electron chi connectivity index (χ0n) is 28.9. The summed E-state index contributed by atoms with van der Waals surface area (Å²) in [4.78, 5) is 28.0. The van der Waals surface area contributed by atoms with Crippen molar-refractivity contribution in [2.45, 2.75) is 108 Å². The number of carbonyl (C=O) groups is 2. The number of halogens is 6. The molecule has 2 atom stereocenters. The molecule has 0 bridgehead atoms. The predicted molar refractivity (Wildman–Crippen MR) is 176 cm³/mol. The molecular weight excluding hydrogens is 682 g/mol. The second kappa shape index (κ2) is 15.5. The summed E-state index contributed by atoms with van der Waals surface area (Å²) in [6, 6.07) is 0.934. The molecule has 2 aliphatic heterocycles. The lowest BCUT2D eigenvalue weighted by atomic mass is 9.77. The monoisotopic (exact) mass is 728 g/mol. The number of aryl methyl sites for hydroxylation is 1. The maximum atomic E-state index is 13.9. The molecule has 0 radical (unpaired) electrons. The average molecular weight is 729 g/mol. The van der Waals surface area contributed by atoms with Gasteiger partial charge in [0.25, 0.3) is 11.5 Å². The molecule has 5 rings (SSSR count). The number of rotatable bonds is 13. The number of hydrogen-bond donors (Lipinski definition) is 2. The minimum absolute atomic E-state index is 0.0152. The van der Waals surface area contributed by atoms with Crippen molar-refractivity contribution in [2.24, 2.45) is 11.8 Å². The smallest absolute Gasteiger partial charge is 0.430 e. The number of unbranched alkanes of at least 4 members (excludes halogenated alkanes) is 1. The van der Waals surface area contributed by atoms with Crippen LogP contribution in [-0.4, -0.2) is 66.2 Å². The van der Waals surface area contributed by atoms with Crippen LogP contribution >= 0.6 is 0 Å². The molecule has 0 spiro atoms. The average Bonchev–Trinajstić information content (AvgIpc) is 3.35. The molecule has 51 heavy (non-hydrogen) atoms. The highest BCUT2D eigenvalue weighted by Gasteiger charge is 2.71. The fraction of sp³-hybridized carbons (Fsp3) is 0.622. The van der Waals surface area contributed by atoms with Crippen LogP contribution in [0.4, 0.5) is 31.1 Å². The SMILES string of the molecule is CCCc1cc(C(O)(C(F)(F)F)C(F)(F)F)cc(/C=C/C2CCCCC2)c1OCCCCN1C(=O)NC(CC)(C2C=CC3=C(C2)OCCO3)C1=O. The van der Waals surface area contributed by atoms with E-state index in [0.29, 0.717) is 56.8 Å². The Labute approximate surface area is 293 Å². The van der Waals surface area contributed by atoms with Gasteiger partial charge in [0.05, 0.1) is 6.61 Å². The van der Waals surface area contributed by atoms with E-state index in [1.165, 1.54) is 11.0 Å². The molecule has 14 heteroatoms. The Morgan fingerprint density at radius 2 is 1.73 bits per heavy atom. The van der Waals surface area contributed by atoms with E-state index in [1.807, 2.05) is 13.0 Å². The van der Waals surface area contributed by atoms with Crippen LogP contribution in [0.15, 0.2) is 41.9 Å². The van der Waals surface area contributed by atoms with Crippen LogP contribution in [0.5, 0.6) is 5.75 Å². The first-order valence-corrected chi connectivity index (χ1v) is 17.8. The van der Waals surface area contributed by atoms with E-state index in [1.54, 1.807) is 19.1 Å². The molecule has 2 unspecified atom stereocenters. The normalized spacial score (nSPS) is 23.4. The van der Waals surface area contributed by atoms with E-state index in [0.717, 1.165) is 44.2 Å². The topological polar surface area (TPSA) is 97.3 Å². The molecule has 4 aliphatic rings. The summed E-state index contributed by atoms with van der Waals surface area (Å²) in [5.74, 6) is 0.817. The van der Waals surface area contributed by atoms with Crippen molar-refractivity contribution in [2.75, 3.05) is 26.4 Å². The summed E-state index contributed by atoms with van der Waals surface area (Å²) >= 11 is 0. The zero-order valence-corrected chi connectivity index (χ0v) is 28.9. The highest BCUT2D eigenvalue weighted by molar-refractivity contribution is 6.07. The summed E-state index contributed by atoms with van der Waals surface area (Å²) < 4.78 is 101. The van der Waals surface area contributed by atoms with E-state index in [-0.39, 0.29) is 54.2 Å². The van der Waals surface area contributed by atoms with Crippen LogP contribution in [0.1, 0.15) is 94.7 Å². The van der Waals surface area contributed by atoms with Gasteiger partial charge in [0.1, 0.15) is 30.3 Å². The van der Waals surface area contributed by atoms with Crippen LogP contribution < -0.4 is 10.1 Å². The van der Waals surface area contributed by atoms with Crippen molar-refractivity contribution < 1.29 is 55.2 Å². The van der Waals surface area contributed by atoms with Crippen LogP contribution in [0.2, 0.25) is 0 Å². The molecule has 1 saturated heterocycles. The van der Waals surface area contributed by atoms with Crippen LogP contribution in [0, 0.1) is 11.8 Å². The van der Waals surface area contributed by atoms with Gasteiger partial charge < -0.3 is 24.6 Å². The molecule has 2 aliphatic carbocycles. The van der Waals surface area contributed by atoms with Gasteiger partial charge in [-0.15, -0.1) is 0 Å². The third-order valence-electron chi connectivity index (χ3n) is 10.3. The Bertz CT molecular complexity index is 1520. The third-order valence-corrected chi connectivity index (χ3v) is 10.3. The molecule has 282 valence electrons. The van der Waals surface area contributed by atoms with Crippen molar-refractivity contribution in [3.63, 3.8) is 0 Å². The minimum atomic E-state index is -6.03. The van der Waals surface area contributed by atoms with E-state index in [2.05, 4.69) is 5.32 Å². The molecule has 3 amide bonds. The van der Waals surface area contributed by atoms with Gasteiger partial charge in [-0.05, 0) is 68.2 Å². The van der Waals surface area contributed by atoms with E-state index >= 15 is 0 Å². The number of benzene rings is 1. The van der Waals surface area contributed by atoms with Crippen LogP contribution in [0.3, 0.4) is 0 Å². The summed E-state index contributed by atoms with van der Waals surface area (Å²) in [6.07, 6.45) is 1.47. The number of allylic oxidation sites excluding steroid dienone is 3. The first kappa shape index (κ1) is 38.5. The summed E-state index contributed by atoms with van der Waals surface area (Å²) in [7, 11) is 0. The van der Waals surface area contributed by atoms with Crippen LogP contribution in [-0.2, 0) is 26.3 Å². The molecular formula is C37H46F6N2O6. The quantitative estimate of drug-likeness (QED) is 0.121. The number of alkyl halides is 6. The molecule has 2 fully saturated rings. The lowest BCUT2D eigenvalue weighted by molar-refractivity contribution is -0.376. The minimum Gasteiger partial charge on any atom is -0.493 e. The maximum absolute atomic E-state index is 13.9. The molecule has 1 aromatic carbocycles. The van der Waals surface area contributed by atoms with Gasteiger partial charge in [0.2, 0.25) is 0 Å². The van der Waals surface area contributed by atoms with Crippen molar-refractivity contribution >= 4 is 18.0 Å². The summed E-state index contributed by atoms with van der Waals surface area (Å²) in [5.41, 5.74) is -7.43. The van der Waals surface area contributed by atoms with E-state index in [4.69, 9.17) is 14.2 Å². The van der Waals surface area contributed by atoms with E-state index < -0.39 is 35.1 Å². The number of nitrogens with one attached hydrogen (secondary N) is 1. The number of urea groups is 1. The number of imide groups is 1. The molecule has 2 N–H and O–H groups in total. The maximum Gasteiger partial charge on any atom is 0.430 e. The number of ether oxygens (including phenoxy) is 3. The Balaban J connectivity index is 1.31. The molecule has 0 aromatic heterocycles. The molecule has 8 nitrogen and oxygen atoms in total. The second-order valence-electron chi connectivity index (χ2n) is 13.7. The number of carbonyl (C=O) groups excluding carboxylic acids is 2. The van der Waals surface area contributed by atoms with Crippen molar-refractivity contribution in [3.8, 4) is 5.75 Å². The first-order chi connectivity index (χ1) is 24.2. The van der Waals surface area contributed by atoms with Gasteiger partial charge in [-0.1, -0.05) is 57.8 Å². The van der Waals surface area contributed by atoms with Gasteiger partial charge in [0.15, 0.2) is 5.76 Å². The van der Waals surface area contributed by atoms with Crippen molar-refractivity contribution in [1.82, 2.24) is 10.2 Å². The van der Waals surface area contributed by atoms with Gasteiger partial charge in [-0.25, -0.2) is 4.79 Å². The van der Waals surface area contributed by atoms with E-state index in [9.17, 15) is 41.0 Å². The summed E-state index contributed by atoms with van der Waals surface area (Å²) in [5, 5.41) is 13.2. The molecule has 1 saturated carbocycles. The Morgan fingerprint density at radius 3 is 2.39 bits per heavy atom. The molecule has 2 heterocycles. The molecule has 1 aromatic rings. The number of nitrogens with zero attached hydrogens (tertiary/aromatic N) is 1. The standard InChI is InChI=1S/C37H46F6N2O6/c1-3-10-25-21-28(35(48,36(38,39)40)37(41,42)43)22-26(14-13-24-11-6-5-7-12-24)31(25)51-18-9-8-17-45-32(46)34(4-2,44-33(45)47)27-15-16-29-30(23-27)50-20-19-49-29/h13-16,21-22,24,27,48H,3-12,17-20,23H2,1-2H3,(H,44,47)/b14-13+. The van der Waals surface area contributed by atoms with Gasteiger partial charge in [-0.3, -0.25) is 9.69 Å². The third kappa shape index (κ3) is 7.75. The fourth-order valence-electron chi connectivity index (χ4n) is 7.46. The Kier molecular flexibility index (Phi) is 11.7. The number of amides is 3. The van der Waals surface area contributed by atoms with Crippen molar-refractivity contribution in [3.05, 3.63) is 58.6 Å². The number of aliphatic hydroxyl groups is 1. The van der Waals surface area contributed by atoms with Crippen LogP contribution in [0.25, 0.3) is 6.08 Å². The number of hydrogen-bond acceptors (Lipinski definition) is 6. The Morgan fingerprint density at radius 1 is 1.02 bits per heavy atom.